The van der Waals surface area contributed by atoms with E-state index < -0.39 is 5.97 Å². The highest BCUT2D eigenvalue weighted by Crippen LogP contribution is 2.05. The molecule has 94 valence electrons. The van der Waals surface area contributed by atoms with E-state index >= 15 is 0 Å². The van der Waals surface area contributed by atoms with Crippen LogP contribution in [0.5, 0.6) is 0 Å². The summed E-state index contributed by atoms with van der Waals surface area (Å²) in [4.78, 5) is 25.1. The van der Waals surface area contributed by atoms with Gasteiger partial charge in [-0.1, -0.05) is 0 Å². The maximum atomic E-state index is 11.8. The molecule has 0 saturated heterocycles. The summed E-state index contributed by atoms with van der Waals surface area (Å²) < 4.78 is 4.91. The molecule has 0 spiro atoms. The van der Waals surface area contributed by atoms with E-state index in [2.05, 4.69) is 0 Å². The maximum Gasteiger partial charge on any atom is 0.319 e. The Morgan fingerprint density at radius 2 is 2.06 bits per heavy atom. The van der Waals surface area contributed by atoms with Crippen LogP contribution in [0, 0.1) is 0 Å². The number of carboxylic acids is 1. The van der Waals surface area contributed by atoms with Gasteiger partial charge in [-0.3, -0.25) is 4.79 Å². The molecular weight excluding hydrogens is 224 g/mol. The molecule has 0 radical (unpaired) electrons. The Bertz CT molecular complexity index is 375. The summed E-state index contributed by atoms with van der Waals surface area (Å²) in [5.74, 6) is -0.915. The minimum Gasteiger partial charge on any atom is -0.481 e. The van der Waals surface area contributed by atoms with Crippen molar-refractivity contribution in [3.63, 3.8) is 0 Å². The first-order chi connectivity index (χ1) is 8.00. The second-order valence-corrected chi connectivity index (χ2v) is 3.84. The van der Waals surface area contributed by atoms with E-state index in [9.17, 15) is 9.59 Å². The topological polar surface area (TPSA) is 74.0 Å². The molecule has 1 heterocycles. The number of hydrogen-bond acceptors (Lipinski definition) is 3. The number of hydrogen-bond donors (Lipinski definition) is 1. The number of nitrogens with zero attached hydrogens (tertiary/aromatic N) is 2. The quantitative estimate of drug-likeness (QED) is 0.840. The number of carbonyl (C=O) groups excluding carboxylic acids is 1. The Kier molecular flexibility index (Phi) is 4.56. The van der Waals surface area contributed by atoms with Crippen molar-refractivity contribution >= 4 is 12.0 Å². The van der Waals surface area contributed by atoms with Crippen molar-refractivity contribution in [2.24, 2.45) is 0 Å². The van der Waals surface area contributed by atoms with Crippen LogP contribution in [0.2, 0.25) is 0 Å². The zero-order chi connectivity index (χ0) is 12.8. The summed E-state index contributed by atoms with van der Waals surface area (Å²) in [6, 6.07) is 1.56. The van der Waals surface area contributed by atoms with Crippen molar-refractivity contribution < 1.29 is 19.1 Å². The summed E-state index contributed by atoms with van der Waals surface area (Å²) in [6.07, 6.45) is 3.06. The molecule has 1 aromatic heterocycles. The van der Waals surface area contributed by atoms with Crippen molar-refractivity contribution in [3.05, 3.63) is 24.2 Å². The summed E-state index contributed by atoms with van der Waals surface area (Å²) in [5.41, 5.74) is 0.896. The van der Waals surface area contributed by atoms with Crippen molar-refractivity contribution in [3.8, 4) is 0 Å². The van der Waals surface area contributed by atoms with E-state index in [1.165, 1.54) is 9.80 Å². The Morgan fingerprint density at radius 1 is 1.35 bits per heavy atom. The first-order valence-corrected chi connectivity index (χ1v) is 5.20. The smallest absolute Gasteiger partial charge is 0.319 e. The fourth-order valence-corrected chi connectivity index (χ4v) is 1.37. The van der Waals surface area contributed by atoms with Crippen LogP contribution in [0.3, 0.4) is 0 Å². The lowest BCUT2D eigenvalue weighted by Gasteiger charge is -2.24. The number of amides is 2. The average molecular weight is 240 g/mol. The molecule has 0 aliphatic carbocycles. The molecule has 0 aliphatic rings. The van der Waals surface area contributed by atoms with Crippen LogP contribution in [0.4, 0.5) is 4.79 Å². The normalized spacial score (nSPS) is 10.0. The highest BCUT2D eigenvalue weighted by molar-refractivity contribution is 5.75. The van der Waals surface area contributed by atoms with E-state index in [0.717, 1.165) is 5.56 Å². The van der Waals surface area contributed by atoms with Gasteiger partial charge in [0.15, 0.2) is 0 Å². The van der Waals surface area contributed by atoms with E-state index in [1.54, 1.807) is 32.7 Å². The molecule has 0 saturated carbocycles. The first kappa shape index (κ1) is 13.1. The van der Waals surface area contributed by atoms with Crippen LogP contribution < -0.4 is 0 Å². The SMILES string of the molecule is CN(CCC(=O)O)C(=O)N(C)Cc1ccoc1. The second kappa shape index (κ2) is 5.93. The Morgan fingerprint density at radius 3 is 2.59 bits per heavy atom. The van der Waals surface area contributed by atoms with Crippen LogP contribution in [-0.2, 0) is 11.3 Å². The van der Waals surface area contributed by atoms with E-state index in [-0.39, 0.29) is 19.0 Å². The summed E-state index contributed by atoms with van der Waals surface area (Å²) in [6.45, 7) is 0.636. The molecule has 2 amide bonds. The van der Waals surface area contributed by atoms with Gasteiger partial charge in [-0.25, -0.2) is 4.79 Å². The summed E-state index contributed by atoms with van der Waals surface area (Å²) in [5, 5.41) is 8.53. The average Bonchev–Trinajstić information content (AvgIpc) is 2.77. The predicted molar refractivity (Wildman–Crippen MR) is 60.5 cm³/mol. The van der Waals surface area contributed by atoms with Gasteiger partial charge in [0.2, 0.25) is 0 Å². The van der Waals surface area contributed by atoms with Gasteiger partial charge in [-0.05, 0) is 6.07 Å². The van der Waals surface area contributed by atoms with Crippen LogP contribution in [0.1, 0.15) is 12.0 Å². The largest absolute Gasteiger partial charge is 0.481 e. The molecular formula is C11H16N2O4. The number of aliphatic carboxylic acids is 1. The third-order valence-corrected chi connectivity index (χ3v) is 2.31. The van der Waals surface area contributed by atoms with Crippen molar-refractivity contribution in [2.45, 2.75) is 13.0 Å². The molecule has 1 aromatic rings. The number of carboxylic acid groups (broad SMARTS) is 1. The molecule has 0 fully saturated rings. The standard InChI is InChI=1S/C11H16N2O4/c1-12(5-3-10(14)15)11(16)13(2)7-9-4-6-17-8-9/h4,6,8H,3,5,7H2,1-2H3,(H,14,15). The van der Waals surface area contributed by atoms with Gasteiger partial charge in [-0.2, -0.15) is 0 Å². The zero-order valence-electron chi connectivity index (χ0n) is 9.92. The first-order valence-electron chi connectivity index (χ1n) is 5.20. The fraction of sp³-hybridized carbons (Fsp3) is 0.455. The molecule has 0 aliphatic heterocycles. The lowest BCUT2D eigenvalue weighted by Crippen LogP contribution is -2.39. The van der Waals surface area contributed by atoms with Gasteiger partial charge < -0.3 is 19.3 Å². The number of carbonyl (C=O) groups is 2. The van der Waals surface area contributed by atoms with Crippen LogP contribution in [-0.4, -0.2) is 47.5 Å². The van der Waals surface area contributed by atoms with Crippen LogP contribution in [0.25, 0.3) is 0 Å². The lowest BCUT2D eigenvalue weighted by atomic mass is 10.3. The molecule has 0 atom stereocenters. The second-order valence-electron chi connectivity index (χ2n) is 3.84. The van der Waals surface area contributed by atoms with Crippen LogP contribution >= 0.6 is 0 Å². The highest BCUT2D eigenvalue weighted by atomic mass is 16.4. The van der Waals surface area contributed by atoms with E-state index in [4.69, 9.17) is 9.52 Å². The van der Waals surface area contributed by atoms with Crippen molar-refractivity contribution in [2.75, 3.05) is 20.6 Å². The number of rotatable bonds is 5. The van der Waals surface area contributed by atoms with E-state index in [0.29, 0.717) is 6.54 Å². The van der Waals surface area contributed by atoms with Crippen molar-refractivity contribution in [1.82, 2.24) is 9.80 Å². The van der Waals surface area contributed by atoms with Gasteiger partial charge >= 0.3 is 12.0 Å². The van der Waals surface area contributed by atoms with Gasteiger partial charge in [-0.15, -0.1) is 0 Å². The maximum absolute atomic E-state index is 11.8. The molecule has 1 N–H and O–H groups in total. The molecule has 1 rings (SSSR count). The Labute approximate surface area is 99.4 Å². The molecule has 6 heteroatoms. The van der Waals surface area contributed by atoms with Gasteiger partial charge in [0.1, 0.15) is 0 Å². The fourth-order valence-electron chi connectivity index (χ4n) is 1.37. The summed E-state index contributed by atoms with van der Waals surface area (Å²) >= 11 is 0. The highest BCUT2D eigenvalue weighted by Gasteiger charge is 2.15. The minimum absolute atomic E-state index is 0.0538. The number of furan rings is 1. The predicted octanol–water partition coefficient (Wildman–Crippen LogP) is 1.24. The molecule has 0 unspecified atom stereocenters. The number of urea groups is 1. The van der Waals surface area contributed by atoms with Crippen LogP contribution in [0.15, 0.2) is 23.0 Å². The van der Waals surface area contributed by atoms with Gasteiger partial charge in [0.25, 0.3) is 0 Å². The Balaban J connectivity index is 2.42. The third kappa shape index (κ3) is 4.18. The van der Waals surface area contributed by atoms with E-state index in [1.807, 2.05) is 0 Å². The van der Waals surface area contributed by atoms with Gasteiger partial charge in [0, 0.05) is 26.2 Å². The third-order valence-electron chi connectivity index (χ3n) is 2.31. The molecule has 17 heavy (non-hydrogen) atoms. The summed E-state index contributed by atoms with van der Waals surface area (Å²) in [7, 11) is 3.24. The molecule has 6 nitrogen and oxygen atoms in total. The zero-order valence-corrected chi connectivity index (χ0v) is 9.92. The monoisotopic (exact) mass is 240 g/mol. The Hall–Kier alpha value is -1.98. The minimum atomic E-state index is -0.915. The van der Waals surface area contributed by atoms with Crippen molar-refractivity contribution in [1.29, 1.82) is 0 Å². The molecule has 0 aromatic carbocycles. The van der Waals surface area contributed by atoms with Gasteiger partial charge in [0.05, 0.1) is 25.5 Å². The lowest BCUT2D eigenvalue weighted by molar-refractivity contribution is -0.137. The molecule has 0 bridgehead atoms.